The number of carbonyl (C=O) groups is 1. The number of hydrogen-bond acceptors (Lipinski definition) is 18. The van der Waals surface area contributed by atoms with Crippen molar-refractivity contribution >= 4 is 5.91 Å². The Morgan fingerprint density at radius 3 is 1.16 bits per heavy atom. The Labute approximate surface area is 559 Å². The Balaban J connectivity index is 1.37. The summed E-state index contributed by atoms with van der Waals surface area (Å²) in [5.41, 5.74) is 0. The number of carbonyl (C=O) groups excluding carboxylic acids is 1. The van der Waals surface area contributed by atoms with E-state index in [4.69, 9.17) is 28.4 Å². The SMILES string of the molecule is CC/C=C\C/C=C\C/C=C\C/C=C\C/C=C\C/C=C\C/C=C\CCCCCCCCCCCCCC(=O)NC(COC1OC(CO)C(OC2OC(CO)C(OC3OC(CO)C(O)C(O)C3O)C(O)C2O)C(O)C1O)C(O)CCCCCCCCCCCCCCCCC. The van der Waals surface area contributed by atoms with Crippen LogP contribution in [0.1, 0.15) is 245 Å². The summed E-state index contributed by atoms with van der Waals surface area (Å²) < 4.78 is 34.4. The van der Waals surface area contributed by atoms with E-state index in [-0.39, 0.29) is 18.9 Å². The third-order valence-electron chi connectivity index (χ3n) is 17.7. The number of allylic oxidation sites excluding steroid dienone is 14. The summed E-state index contributed by atoms with van der Waals surface area (Å²) >= 11 is 0. The first-order chi connectivity index (χ1) is 45.3. The Morgan fingerprint density at radius 2 is 0.742 bits per heavy atom. The molecule has 93 heavy (non-hydrogen) atoms. The zero-order chi connectivity index (χ0) is 67.5. The molecule has 1 amide bonds. The third kappa shape index (κ3) is 36.4. The van der Waals surface area contributed by atoms with Gasteiger partial charge in [0.05, 0.1) is 38.6 Å². The Bertz CT molecular complexity index is 2010. The number of unbranched alkanes of at least 4 members (excludes halogenated alkanes) is 25. The highest BCUT2D eigenvalue weighted by atomic mass is 16.8. The van der Waals surface area contributed by atoms with Crippen LogP contribution in [-0.4, -0.2) is 193 Å². The second-order valence-corrected chi connectivity index (χ2v) is 25.7. The van der Waals surface area contributed by atoms with E-state index in [1.54, 1.807) is 0 Å². The fourth-order valence-corrected chi connectivity index (χ4v) is 11.9. The number of nitrogens with one attached hydrogen (secondary N) is 1. The van der Waals surface area contributed by atoms with Crippen molar-refractivity contribution in [2.75, 3.05) is 26.4 Å². The molecule has 3 aliphatic heterocycles. The molecule has 0 aromatic heterocycles. The summed E-state index contributed by atoms with van der Waals surface area (Å²) in [4.78, 5) is 13.4. The molecule has 0 spiro atoms. The molecule has 3 heterocycles. The molecule has 12 N–H and O–H groups in total. The molecule has 0 bridgehead atoms. The molecule has 17 unspecified atom stereocenters. The van der Waals surface area contributed by atoms with Crippen molar-refractivity contribution in [3.8, 4) is 0 Å². The van der Waals surface area contributed by atoms with E-state index in [9.17, 15) is 61.0 Å². The molecule has 0 aliphatic carbocycles. The van der Waals surface area contributed by atoms with Crippen LogP contribution in [0.5, 0.6) is 0 Å². The highest BCUT2D eigenvalue weighted by Gasteiger charge is 2.53. The number of amides is 1. The maximum absolute atomic E-state index is 13.4. The van der Waals surface area contributed by atoms with E-state index in [1.807, 2.05) is 0 Å². The fraction of sp³-hybridized carbons (Fsp3) is 0.797. The smallest absolute Gasteiger partial charge is 0.220 e. The van der Waals surface area contributed by atoms with Crippen molar-refractivity contribution in [2.45, 2.75) is 349 Å². The van der Waals surface area contributed by atoms with E-state index in [1.165, 1.54) is 116 Å². The molecule has 3 aliphatic rings. The van der Waals surface area contributed by atoms with Crippen LogP contribution in [0.15, 0.2) is 85.1 Å². The van der Waals surface area contributed by atoms with Gasteiger partial charge in [0.2, 0.25) is 5.91 Å². The second-order valence-electron chi connectivity index (χ2n) is 25.7. The molecule has 3 saturated heterocycles. The quantitative estimate of drug-likeness (QED) is 0.0199. The van der Waals surface area contributed by atoms with E-state index in [2.05, 4.69) is 104 Å². The molecule has 0 aromatic carbocycles. The van der Waals surface area contributed by atoms with Crippen LogP contribution in [0.2, 0.25) is 0 Å². The number of hydrogen-bond donors (Lipinski definition) is 12. The van der Waals surface area contributed by atoms with Gasteiger partial charge in [0, 0.05) is 6.42 Å². The monoisotopic (exact) mass is 1320 g/mol. The maximum atomic E-state index is 13.4. The van der Waals surface area contributed by atoms with Gasteiger partial charge in [-0.15, -0.1) is 0 Å². The molecule has 19 heteroatoms. The summed E-state index contributed by atoms with van der Waals surface area (Å²) in [5, 5.41) is 121. The standard InChI is InChI=1S/C74H129NO18/c1-3-5-7-9-11-13-15-17-19-20-21-22-23-24-25-26-27-28-29-30-31-32-33-34-35-36-38-40-42-44-46-48-50-52-62(80)75-57(58(79)51-49-47-45-43-41-39-37-18-16-14-12-10-8-6-4-2)56-88-72-68(86)65(83)70(60(54-77)90-72)93-74-69(87)66(84)71(61(55-78)91-74)92-73-67(85)64(82)63(81)59(53-76)89-73/h5,7,11,13,17,19,21-22,24-25,27-28,30-31,57-61,63-74,76-79,81-87H,3-4,6,8-10,12,14-16,18,20,23,26,29,32-56H2,1-2H3,(H,75,80)/b7-5-,13-11-,19-17-,22-21-,25-24-,28-27-,31-30-. The normalized spacial score (nSPS) is 28.0. The van der Waals surface area contributed by atoms with Gasteiger partial charge in [0.25, 0.3) is 0 Å². The van der Waals surface area contributed by atoms with Crippen LogP contribution in [0, 0.1) is 0 Å². The molecule has 3 rings (SSSR count). The summed E-state index contributed by atoms with van der Waals surface area (Å²) in [6.07, 6.45) is 43.7. The van der Waals surface area contributed by atoms with Gasteiger partial charge < -0.3 is 89.9 Å². The lowest BCUT2D eigenvalue weighted by atomic mass is 9.96. The number of rotatable bonds is 55. The average molecular weight is 1320 g/mol. The molecule has 3 fully saturated rings. The number of aliphatic hydroxyl groups is 11. The fourth-order valence-electron chi connectivity index (χ4n) is 11.9. The van der Waals surface area contributed by atoms with Crippen molar-refractivity contribution in [1.29, 1.82) is 0 Å². The number of aliphatic hydroxyl groups excluding tert-OH is 11. The van der Waals surface area contributed by atoms with E-state index < -0.39 is 124 Å². The Hall–Kier alpha value is -3.03. The van der Waals surface area contributed by atoms with Gasteiger partial charge in [-0.1, -0.05) is 253 Å². The topological polar surface area (TPSA) is 307 Å². The molecule has 0 aromatic rings. The van der Waals surface area contributed by atoms with Crippen LogP contribution in [0.4, 0.5) is 0 Å². The van der Waals surface area contributed by atoms with Gasteiger partial charge in [-0.3, -0.25) is 4.79 Å². The van der Waals surface area contributed by atoms with Crippen molar-refractivity contribution in [1.82, 2.24) is 5.32 Å². The summed E-state index contributed by atoms with van der Waals surface area (Å²) in [6, 6.07) is -0.894. The summed E-state index contributed by atoms with van der Waals surface area (Å²) in [5.74, 6) is -0.249. The highest BCUT2D eigenvalue weighted by Crippen LogP contribution is 2.33. The van der Waals surface area contributed by atoms with Gasteiger partial charge in [0.1, 0.15) is 73.2 Å². The average Bonchev–Trinajstić information content (AvgIpc) is 0.902. The van der Waals surface area contributed by atoms with Gasteiger partial charge in [-0.05, 0) is 70.6 Å². The first-order valence-corrected chi connectivity index (χ1v) is 36.3. The molecule has 538 valence electrons. The van der Waals surface area contributed by atoms with Gasteiger partial charge in [0.15, 0.2) is 18.9 Å². The zero-order valence-corrected chi connectivity index (χ0v) is 57.0. The molecule has 19 nitrogen and oxygen atoms in total. The van der Waals surface area contributed by atoms with E-state index >= 15 is 0 Å². The first kappa shape index (κ1) is 84.2. The Kier molecular flexibility index (Phi) is 49.7. The van der Waals surface area contributed by atoms with Gasteiger partial charge >= 0.3 is 0 Å². The minimum Gasteiger partial charge on any atom is -0.394 e. The maximum Gasteiger partial charge on any atom is 0.220 e. The second kappa shape index (κ2) is 54.9. The summed E-state index contributed by atoms with van der Waals surface area (Å²) in [6.45, 7) is 1.68. The van der Waals surface area contributed by atoms with Gasteiger partial charge in [-0.25, -0.2) is 0 Å². The lowest BCUT2D eigenvalue weighted by Crippen LogP contribution is -2.66. The lowest BCUT2D eigenvalue weighted by molar-refractivity contribution is -0.379. The van der Waals surface area contributed by atoms with Crippen molar-refractivity contribution < 1.29 is 89.4 Å². The van der Waals surface area contributed by atoms with Crippen molar-refractivity contribution in [3.63, 3.8) is 0 Å². The highest BCUT2D eigenvalue weighted by molar-refractivity contribution is 5.76. The van der Waals surface area contributed by atoms with Crippen molar-refractivity contribution in [3.05, 3.63) is 85.1 Å². The minimum absolute atomic E-state index is 0.249. The molecular weight excluding hydrogens is 1190 g/mol. The molecule has 17 atom stereocenters. The largest absolute Gasteiger partial charge is 0.394 e. The minimum atomic E-state index is -1.98. The number of ether oxygens (including phenoxy) is 6. The third-order valence-corrected chi connectivity index (χ3v) is 17.7. The Morgan fingerprint density at radius 1 is 0.398 bits per heavy atom. The van der Waals surface area contributed by atoms with Crippen LogP contribution < -0.4 is 5.32 Å². The summed E-state index contributed by atoms with van der Waals surface area (Å²) in [7, 11) is 0. The predicted octanol–water partition coefficient (Wildman–Crippen LogP) is 10.3. The van der Waals surface area contributed by atoms with Crippen LogP contribution in [-0.2, 0) is 33.2 Å². The van der Waals surface area contributed by atoms with Crippen LogP contribution in [0.3, 0.4) is 0 Å². The molecular formula is C74H129NO18. The first-order valence-electron chi connectivity index (χ1n) is 36.3. The lowest BCUT2D eigenvalue weighted by Gasteiger charge is -2.48. The molecule has 0 radical (unpaired) electrons. The predicted molar refractivity (Wildman–Crippen MR) is 364 cm³/mol. The molecule has 0 saturated carbocycles. The van der Waals surface area contributed by atoms with Crippen LogP contribution in [0.25, 0.3) is 0 Å². The van der Waals surface area contributed by atoms with Crippen molar-refractivity contribution in [2.24, 2.45) is 0 Å². The van der Waals surface area contributed by atoms with Crippen LogP contribution >= 0.6 is 0 Å². The van der Waals surface area contributed by atoms with Gasteiger partial charge in [-0.2, -0.15) is 0 Å². The van der Waals surface area contributed by atoms with E-state index in [0.717, 1.165) is 96.3 Å². The zero-order valence-electron chi connectivity index (χ0n) is 57.0. The van der Waals surface area contributed by atoms with E-state index in [0.29, 0.717) is 12.8 Å².